The predicted molar refractivity (Wildman–Crippen MR) is 217 cm³/mol. The van der Waals surface area contributed by atoms with Gasteiger partial charge >= 0.3 is 0 Å². The minimum absolute atomic E-state index is 0.00817. The lowest BCUT2D eigenvalue weighted by molar-refractivity contribution is -0.136. The fraction of sp³-hybridized carbons (Fsp3) is 0.452. The maximum absolute atomic E-state index is 13.2. The number of fused-ring (bicyclic) bond motifs is 2. The second-order valence-corrected chi connectivity index (χ2v) is 15.9. The van der Waals surface area contributed by atoms with Gasteiger partial charge in [0.15, 0.2) is 18.1 Å². The van der Waals surface area contributed by atoms with Gasteiger partial charge in [-0.3, -0.25) is 43.8 Å². The molecule has 0 radical (unpaired) electrons. The van der Waals surface area contributed by atoms with Crippen LogP contribution in [0.2, 0.25) is 0 Å². The first-order valence-electron chi connectivity index (χ1n) is 20.7. The summed E-state index contributed by atoms with van der Waals surface area (Å²) in [6.45, 7) is 3.10. The molecule has 3 fully saturated rings. The quantitative estimate of drug-likeness (QED) is 0.0994. The van der Waals surface area contributed by atoms with Gasteiger partial charge in [0.05, 0.1) is 17.5 Å². The zero-order valence-electron chi connectivity index (χ0n) is 33.7. The molecule has 3 aliphatic heterocycles. The average Bonchev–Trinajstić information content (AvgIpc) is 3.78. The first-order chi connectivity index (χ1) is 29.5. The van der Waals surface area contributed by atoms with Crippen LogP contribution in [0.1, 0.15) is 107 Å². The highest BCUT2D eigenvalue weighted by molar-refractivity contribution is 6.24. The molecule has 1 atom stereocenters. The van der Waals surface area contributed by atoms with Gasteiger partial charge in [0.1, 0.15) is 29.3 Å². The second-order valence-electron chi connectivity index (χ2n) is 15.9. The minimum atomic E-state index is -1.10. The Kier molecular flexibility index (Phi) is 12.0. The Labute approximate surface area is 350 Å². The number of hydrogen-bond acceptors (Lipinski definition) is 13. The first kappa shape index (κ1) is 41.0. The monoisotopic (exact) mass is 833 g/mol. The van der Waals surface area contributed by atoms with E-state index in [1.807, 2.05) is 28.5 Å². The third-order valence-corrected chi connectivity index (χ3v) is 11.7. The molecule has 1 aliphatic carbocycles. The number of likely N-dealkylation sites (tertiary alicyclic amines) is 1. The number of nitrogens with zero attached hydrogens (tertiary/aromatic N) is 7. The number of carbonyl (C=O) groups excluding carboxylic acids is 7. The van der Waals surface area contributed by atoms with E-state index >= 15 is 0 Å². The highest BCUT2D eigenvalue weighted by atomic mass is 16.5. The van der Waals surface area contributed by atoms with Crippen LogP contribution in [0.4, 0.5) is 5.82 Å². The van der Waals surface area contributed by atoms with Crippen molar-refractivity contribution in [1.82, 2.24) is 50.3 Å². The van der Waals surface area contributed by atoms with E-state index in [4.69, 9.17) is 4.74 Å². The molecule has 0 bridgehead atoms. The van der Waals surface area contributed by atoms with Gasteiger partial charge < -0.3 is 30.2 Å². The van der Waals surface area contributed by atoms with Crippen molar-refractivity contribution in [3.8, 4) is 5.75 Å². The Bertz CT molecular complexity index is 2390. The molecule has 4 aromatic rings. The lowest BCUT2D eigenvalue weighted by atomic mass is 9.86. The number of imidazole rings is 1. The zero-order chi connectivity index (χ0) is 42.6. The molecule has 1 saturated carbocycles. The van der Waals surface area contributed by atoms with Gasteiger partial charge in [0, 0.05) is 56.3 Å². The zero-order valence-corrected chi connectivity index (χ0v) is 33.7. The van der Waals surface area contributed by atoms with Crippen LogP contribution in [0.3, 0.4) is 0 Å². The van der Waals surface area contributed by atoms with Crippen molar-refractivity contribution in [2.24, 2.45) is 0 Å². The van der Waals surface area contributed by atoms with Crippen molar-refractivity contribution < 1.29 is 38.3 Å². The lowest BCUT2D eigenvalue weighted by Gasteiger charge is -2.36. The Morgan fingerprint density at radius 2 is 1.70 bits per heavy atom. The van der Waals surface area contributed by atoms with Crippen LogP contribution >= 0.6 is 0 Å². The van der Waals surface area contributed by atoms with E-state index in [1.165, 1.54) is 24.5 Å². The number of benzene rings is 1. The Morgan fingerprint density at radius 1 is 0.902 bits per heavy atom. The van der Waals surface area contributed by atoms with Crippen LogP contribution in [0.5, 0.6) is 5.75 Å². The number of nitrogens with one attached hydrogen (secondary N) is 4. The molecule has 4 aliphatic rings. The summed E-state index contributed by atoms with van der Waals surface area (Å²) in [7, 11) is 0. The fourth-order valence-corrected chi connectivity index (χ4v) is 8.32. The van der Waals surface area contributed by atoms with E-state index in [1.54, 1.807) is 12.4 Å². The third kappa shape index (κ3) is 8.90. The van der Waals surface area contributed by atoms with Gasteiger partial charge in [-0.1, -0.05) is 18.6 Å². The number of piperidine rings is 2. The molecular weight excluding hydrogens is 787 g/mol. The fourth-order valence-electron chi connectivity index (χ4n) is 8.32. The van der Waals surface area contributed by atoms with Gasteiger partial charge in [-0.25, -0.2) is 19.9 Å². The summed E-state index contributed by atoms with van der Waals surface area (Å²) < 4.78 is 7.69. The number of carbonyl (C=O) groups is 7. The number of aryl methyl sites for hydroxylation is 1. The second kappa shape index (κ2) is 17.8. The summed E-state index contributed by atoms with van der Waals surface area (Å²) in [5.41, 5.74) is 2.68. The van der Waals surface area contributed by atoms with E-state index in [0.29, 0.717) is 55.9 Å². The number of hydrogen-bond donors (Lipinski definition) is 4. The molecular formula is C42H47N11O8. The van der Waals surface area contributed by atoms with E-state index in [0.717, 1.165) is 48.3 Å². The van der Waals surface area contributed by atoms with E-state index in [9.17, 15) is 33.6 Å². The number of unbranched alkanes of at least 4 members (excludes halogenated alkanes) is 2. The topological polar surface area (TPSA) is 240 Å². The Balaban J connectivity index is 0.713. The van der Waals surface area contributed by atoms with Gasteiger partial charge in [-0.2, -0.15) is 0 Å². The maximum Gasteiger partial charge on any atom is 0.270 e. The summed E-state index contributed by atoms with van der Waals surface area (Å²) in [5.74, 6) is -2.31. The predicted octanol–water partition coefficient (Wildman–Crippen LogP) is 2.22. The van der Waals surface area contributed by atoms with Crippen molar-refractivity contribution in [3.63, 3.8) is 0 Å². The molecule has 2 saturated heterocycles. The Hall–Kier alpha value is -6.79. The molecule has 61 heavy (non-hydrogen) atoms. The molecule has 3 aromatic heterocycles. The molecule has 7 amide bonds. The molecule has 19 nitrogen and oxygen atoms in total. The van der Waals surface area contributed by atoms with Crippen molar-refractivity contribution in [2.75, 3.05) is 31.6 Å². The number of imide groups is 2. The standard InChI is InChI=1S/C42H47N11O8/c1-24-7-5-9-29(47-24)39(57)49-26-19-27(20-26)52-23-46-36-37(44-22-45-38(36)52)48-25-14-17-51(18-15-25)34(56)11-3-2-4-16-43-33(55)21-61-31-10-6-8-28-35(31)42(60)53(41(28)59)30-12-13-32(54)50-40(30)58/h5-10,22-23,25-27,30H,2-4,11-21H2,1H3,(H,43,55)(H,49,57)(H,44,45,48)(H,50,54,58)/t26?,27?,30-/m0/s1. The van der Waals surface area contributed by atoms with Crippen molar-refractivity contribution >= 4 is 58.3 Å². The largest absolute Gasteiger partial charge is 0.483 e. The highest BCUT2D eigenvalue weighted by Gasteiger charge is 2.46. The first-order valence-corrected chi connectivity index (χ1v) is 20.7. The molecule has 318 valence electrons. The van der Waals surface area contributed by atoms with Crippen LogP contribution in [0.15, 0.2) is 49.1 Å². The van der Waals surface area contributed by atoms with E-state index < -0.39 is 35.6 Å². The van der Waals surface area contributed by atoms with Gasteiger partial charge in [-0.15, -0.1) is 0 Å². The van der Waals surface area contributed by atoms with Crippen LogP contribution in [-0.2, 0) is 19.2 Å². The number of pyridine rings is 1. The summed E-state index contributed by atoms with van der Waals surface area (Å²) in [6.07, 6.45) is 8.90. The third-order valence-electron chi connectivity index (χ3n) is 11.7. The molecule has 8 rings (SSSR count). The number of rotatable bonds is 15. The average molecular weight is 834 g/mol. The normalized spacial score (nSPS) is 20.2. The maximum atomic E-state index is 13.2. The molecule has 6 heterocycles. The summed E-state index contributed by atoms with van der Waals surface area (Å²) >= 11 is 0. The van der Waals surface area contributed by atoms with E-state index in [2.05, 4.69) is 41.2 Å². The lowest BCUT2D eigenvalue weighted by Crippen LogP contribution is -2.54. The molecule has 0 spiro atoms. The van der Waals surface area contributed by atoms with Gasteiger partial charge in [-0.05, 0) is 76.1 Å². The minimum Gasteiger partial charge on any atom is -0.483 e. The van der Waals surface area contributed by atoms with Crippen molar-refractivity contribution in [3.05, 3.63) is 71.6 Å². The van der Waals surface area contributed by atoms with E-state index in [-0.39, 0.29) is 66.3 Å². The number of amides is 7. The smallest absolute Gasteiger partial charge is 0.270 e. The Morgan fingerprint density at radius 3 is 2.49 bits per heavy atom. The summed E-state index contributed by atoms with van der Waals surface area (Å²) in [6, 6.07) is 9.09. The molecule has 4 N–H and O–H groups in total. The molecule has 19 heteroatoms. The van der Waals surface area contributed by atoms with Crippen LogP contribution < -0.4 is 26.0 Å². The van der Waals surface area contributed by atoms with Crippen molar-refractivity contribution in [1.29, 1.82) is 0 Å². The molecule has 0 unspecified atom stereocenters. The van der Waals surface area contributed by atoms with Crippen LogP contribution in [0.25, 0.3) is 11.2 Å². The van der Waals surface area contributed by atoms with Crippen LogP contribution in [-0.4, -0.2) is 120 Å². The number of anilines is 1. The van der Waals surface area contributed by atoms with Crippen LogP contribution in [0, 0.1) is 6.92 Å². The van der Waals surface area contributed by atoms with Crippen molar-refractivity contribution in [2.45, 2.75) is 95.3 Å². The number of ether oxygens (including phenoxy) is 1. The summed E-state index contributed by atoms with van der Waals surface area (Å²) in [5, 5.41) is 11.5. The number of aromatic nitrogens is 5. The van der Waals surface area contributed by atoms with Gasteiger partial charge in [0.2, 0.25) is 17.7 Å². The molecule has 1 aromatic carbocycles. The SMILES string of the molecule is Cc1cccc(C(=O)NC2CC(n3cnc4c(NC5CCN(C(=O)CCCCCNC(=O)COc6cccc7c6C(=O)N([C@H]6CCC(=O)NC6=O)C7=O)CC5)ncnc43)C2)n1. The highest BCUT2D eigenvalue weighted by Crippen LogP contribution is 2.36. The van der Waals surface area contributed by atoms with Gasteiger partial charge in [0.25, 0.3) is 23.6 Å². The summed E-state index contributed by atoms with van der Waals surface area (Å²) in [4.78, 5) is 109.